The van der Waals surface area contributed by atoms with Gasteiger partial charge in [0.05, 0.1) is 0 Å². The van der Waals surface area contributed by atoms with E-state index >= 15 is 0 Å². The first-order valence-electron chi connectivity index (χ1n) is 8.07. The van der Waals surface area contributed by atoms with Crippen molar-refractivity contribution in [1.82, 2.24) is 10.2 Å². The lowest BCUT2D eigenvalue weighted by atomic mass is 9.95. The molecule has 2 rings (SSSR count). The van der Waals surface area contributed by atoms with Crippen LogP contribution in [0.15, 0.2) is 18.2 Å². The number of carbonyl (C=O) groups excluding carboxylic acids is 1. The van der Waals surface area contributed by atoms with Crippen molar-refractivity contribution in [2.45, 2.75) is 65.8 Å². The van der Waals surface area contributed by atoms with Crippen molar-refractivity contribution in [2.24, 2.45) is 0 Å². The predicted molar refractivity (Wildman–Crippen MR) is 88.8 cm³/mol. The summed E-state index contributed by atoms with van der Waals surface area (Å²) in [4.78, 5) is 14.1. The maximum atomic E-state index is 12.3. The molecule has 1 aromatic rings. The maximum absolute atomic E-state index is 12.3. The van der Waals surface area contributed by atoms with Gasteiger partial charge in [-0.2, -0.15) is 0 Å². The summed E-state index contributed by atoms with van der Waals surface area (Å²) in [5, 5.41) is 3.46. The van der Waals surface area contributed by atoms with Crippen molar-refractivity contribution < 1.29 is 9.53 Å². The Morgan fingerprint density at radius 3 is 2.73 bits per heavy atom. The Hall–Kier alpha value is -1.55. The highest BCUT2D eigenvalue weighted by atomic mass is 16.6. The van der Waals surface area contributed by atoms with Crippen LogP contribution in [-0.4, -0.2) is 29.2 Å². The van der Waals surface area contributed by atoms with Gasteiger partial charge >= 0.3 is 6.09 Å². The Morgan fingerprint density at radius 2 is 2.09 bits per heavy atom. The largest absolute Gasteiger partial charge is 0.444 e. The summed E-state index contributed by atoms with van der Waals surface area (Å²) in [7, 11) is 0. The third kappa shape index (κ3) is 4.47. The standard InChI is InChI=1S/C18H28N2O2/c1-13(2)19-11-15-8-6-7-14-9-10-20(12-16(14)15)17(21)22-18(3,4)5/h6-8,13,19H,9-12H2,1-5H3. The molecule has 0 aliphatic carbocycles. The highest BCUT2D eigenvalue weighted by molar-refractivity contribution is 5.68. The normalized spacial score (nSPS) is 14.9. The quantitative estimate of drug-likeness (QED) is 0.929. The van der Waals surface area contributed by atoms with E-state index in [9.17, 15) is 4.79 Å². The lowest BCUT2D eigenvalue weighted by molar-refractivity contribution is 0.0223. The molecular formula is C18H28N2O2. The van der Waals surface area contributed by atoms with Gasteiger partial charge in [-0.3, -0.25) is 0 Å². The summed E-state index contributed by atoms with van der Waals surface area (Å²) in [6, 6.07) is 6.87. The number of rotatable bonds is 3. The van der Waals surface area contributed by atoms with E-state index in [-0.39, 0.29) is 6.09 Å². The van der Waals surface area contributed by atoms with E-state index in [0.29, 0.717) is 12.6 Å². The van der Waals surface area contributed by atoms with E-state index < -0.39 is 5.60 Å². The molecule has 1 aliphatic heterocycles. The number of nitrogens with one attached hydrogen (secondary N) is 1. The Labute approximate surface area is 133 Å². The van der Waals surface area contributed by atoms with Crippen LogP contribution in [0.1, 0.15) is 51.3 Å². The molecule has 4 nitrogen and oxygen atoms in total. The molecule has 1 N–H and O–H groups in total. The van der Waals surface area contributed by atoms with Gasteiger partial charge in [0.1, 0.15) is 5.60 Å². The molecule has 1 aliphatic rings. The van der Waals surface area contributed by atoms with Gasteiger partial charge in [0, 0.05) is 25.7 Å². The van der Waals surface area contributed by atoms with Gasteiger partial charge < -0.3 is 15.0 Å². The third-order valence-corrected chi connectivity index (χ3v) is 3.72. The first kappa shape index (κ1) is 16.8. The van der Waals surface area contributed by atoms with E-state index in [4.69, 9.17) is 4.74 Å². The van der Waals surface area contributed by atoms with Crippen LogP contribution in [0.5, 0.6) is 0 Å². The molecule has 0 radical (unpaired) electrons. The van der Waals surface area contributed by atoms with Gasteiger partial charge in [0.25, 0.3) is 0 Å². The summed E-state index contributed by atoms with van der Waals surface area (Å²) >= 11 is 0. The van der Waals surface area contributed by atoms with Gasteiger partial charge in [-0.1, -0.05) is 32.0 Å². The van der Waals surface area contributed by atoms with E-state index in [1.165, 1.54) is 16.7 Å². The number of nitrogens with zero attached hydrogens (tertiary/aromatic N) is 1. The van der Waals surface area contributed by atoms with Crippen LogP contribution in [0, 0.1) is 0 Å². The second-order valence-corrected chi connectivity index (χ2v) is 7.24. The van der Waals surface area contributed by atoms with Crippen molar-refractivity contribution in [3.63, 3.8) is 0 Å². The molecule has 0 saturated carbocycles. The number of carbonyl (C=O) groups is 1. The fraction of sp³-hybridized carbons (Fsp3) is 0.611. The first-order valence-corrected chi connectivity index (χ1v) is 8.07. The molecule has 0 saturated heterocycles. The zero-order valence-corrected chi connectivity index (χ0v) is 14.4. The van der Waals surface area contributed by atoms with Crippen molar-refractivity contribution in [3.05, 3.63) is 34.9 Å². The Bertz CT molecular complexity index is 532. The molecule has 0 atom stereocenters. The number of hydrogen-bond acceptors (Lipinski definition) is 3. The average Bonchev–Trinajstić information content (AvgIpc) is 2.42. The minimum Gasteiger partial charge on any atom is -0.444 e. The molecule has 0 bridgehead atoms. The second kappa shape index (κ2) is 6.69. The molecule has 1 aromatic carbocycles. The maximum Gasteiger partial charge on any atom is 0.410 e. The Balaban J connectivity index is 2.12. The van der Waals surface area contributed by atoms with Gasteiger partial charge in [-0.05, 0) is 43.9 Å². The number of benzene rings is 1. The van der Waals surface area contributed by atoms with E-state index in [1.807, 2.05) is 25.7 Å². The predicted octanol–water partition coefficient (Wildman–Crippen LogP) is 3.48. The van der Waals surface area contributed by atoms with Crippen molar-refractivity contribution in [2.75, 3.05) is 6.54 Å². The molecule has 1 heterocycles. The van der Waals surface area contributed by atoms with Crippen molar-refractivity contribution in [1.29, 1.82) is 0 Å². The number of amides is 1. The number of ether oxygens (including phenoxy) is 1. The fourth-order valence-electron chi connectivity index (χ4n) is 2.61. The monoisotopic (exact) mass is 304 g/mol. The van der Waals surface area contributed by atoms with Gasteiger partial charge in [0.2, 0.25) is 0 Å². The summed E-state index contributed by atoms with van der Waals surface area (Å²) in [5.41, 5.74) is 3.45. The average molecular weight is 304 g/mol. The molecule has 4 heteroatoms. The highest BCUT2D eigenvalue weighted by Gasteiger charge is 2.26. The highest BCUT2D eigenvalue weighted by Crippen LogP contribution is 2.24. The topological polar surface area (TPSA) is 41.6 Å². The number of fused-ring (bicyclic) bond motifs is 1. The van der Waals surface area contributed by atoms with Crippen LogP contribution in [0.4, 0.5) is 4.79 Å². The minimum absolute atomic E-state index is 0.218. The molecule has 22 heavy (non-hydrogen) atoms. The minimum atomic E-state index is -0.448. The summed E-state index contributed by atoms with van der Waals surface area (Å²) < 4.78 is 5.50. The zero-order chi connectivity index (χ0) is 16.3. The third-order valence-electron chi connectivity index (χ3n) is 3.72. The smallest absolute Gasteiger partial charge is 0.410 e. The van der Waals surface area contributed by atoms with E-state index in [0.717, 1.165) is 19.5 Å². The van der Waals surface area contributed by atoms with Crippen molar-refractivity contribution in [3.8, 4) is 0 Å². The molecule has 122 valence electrons. The molecule has 0 unspecified atom stereocenters. The van der Waals surface area contributed by atoms with Crippen LogP contribution < -0.4 is 5.32 Å². The van der Waals surface area contributed by atoms with Crippen LogP contribution >= 0.6 is 0 Å². The van der Waals surface area contributed by atoms with Gasteiger partial charge in [-0.25, -0.2) is 4.79 Å². The molecule has 1 amide bonds. The first-order chi connectivity index (χ1) is 10.3. The molecule has 0 fully saturated rings. The Kier molecular flexibility index (Phi) is 5.12. The van der Waals surface area contributed by atoms with Crippen LogP contribution in [0.2, 0.25) is 0 Å². The fourth-order valence-corrected chi connectivity index (χ4v) is 2.61. The summed E-state index contributed by atoms with van der Waals surface area (Å²) in [5.74, 6) is 0. The molecule has 0 aromatic heterocycles. The lowest BCUT2D eigenvalue weighted by Crippen LogP contribution is -2.40. The van der Waals surface area contributed by atoms with E-state index in [1.54, 1.807) is 0 Å². The second-order valence-electron chi connectivity index (χ2n) is 7.24. The van der Waals surface area contributed by atoms with Crippen LogP contribution in [0.3, 0.4) is 0 Å². The summed E-state index contributed by atoms with van der Waals surface area (Å²) in [6.07, 6.45) is 0.675. The SMILES string of the molecule is CC(C)NCc1cccc2c1CN(C(=O)OC(C)(C)C)CC2. The summed E-state index contributed by atoms with van der Waals surface area (Å²) in [6.45, 7) is 12.2. The van der Waals surface area contributed by atoms with Crippen LogP contribution in [-0.2, 0) is 24.2 Å². The lowest BCUT2D eigenvalue weighted by Gasteiger charge is -2.32. The molecule has 0 spiro atoms. The van der Waals surface area contributed by atoms with Crippen molar-refractivity contribution >= 4 is 6.09 Å². The molecular weight excluding hydrogens is 276 g/mol. The zero-order valence-electron chi connectivity index (χ0n) is 14.4. The Morgan fingerprint density at radius 1 is 1.36 bits per heavy atom. The van der Waals surface area contributed by atoms with Gasteiger partial charge in [0.15, 0.2) is 0 Å². The van der Waals surface area contributed by atoms with Crippen LogP contribution in [0.25, 0.3) is 0 Å². The van der Waals surface area contributed by atoms with E-state index in [2.05, 4.69) is 37.4 Å². The van der Waals surface area contributed by atoms with Gasteiger partial charge in [-0.15, -0.1) is 0 Å². The number of hydrogen-bond donors (Lipinski definition) is 1.